The van der Waals surface area contributed by atoms with Crippen LogP contribution in [0.3, 0.4) is 0 Å². The first-order chi connectivity index (χ1) is 9.22. The number of ether oxygens (including phenoxy) is 1. The first-order valence-corrected chi connectivity index (χ1v) is 6.49. The van der Waals surface area contributed by atoms with Crippen molar-refractivity contribution in [1.82, 2.24) is 5.32 Å². The van der Waals surface area contributed by atoms with E-state index in [9.17, 15) is 4.79 Å². The fourth-order valence-electron chi connectivity index (χ4n) is 2.20. The van der Waals surface area contributed by atoms with E-state index in [0.29, 0.717) is 19.4 Å². The minimum absolute atomic E-state index is 0.0329. The molecule has 2 unspecified atom stereocenters. The number of amides is 1. The minimum Gasteiger partial charge on any atom is -0.396 e. The first kappa shape index (κ1) is 14.0. The second kappa shape index (κ2) is 6.65. The molecule has 5 heteroatoms. The molecule has 1 amide bonds. The molecule has 0 saturated carbocycles. The molecular formula is C14H20N2O3. The van der Waals surface area contributed by atoms with Crippen LogP contribution in [0.15, 0.2) is 24.3 Å². The molecule has 3 N–H and O–H groups in total. The highest BCUT2D eigenvalue weighted by molar-refractivity contribution is 5.95. The van der Waals surface area contributed by atoms with Gasteiger partial charge in [0.05, 0.1) is 12.1 Å². The standard InChI is InChI=1S/C14H20N2O3/c1-19-12-8-13(15-9-12)14(18)16-11-4-2-10(3-5-11)6-7-17/h2-5,12-13,15,17H,6-9H2,1H3,(H,16,18). The smallest absolute Gasteiger partial charge is 0.241 e. The van der Waals surface area contributed by atoms with Crippen molar-refractivity contribution in [3.8, 4) is 0 Å². The van der Waals surface area contributed by atoms with Crippen LogP contribution in [0.2, 0.25) is 0 Å². The van der Waals surface area contributed by atoms with Crippen LogP contribution in [-0.2, 0) is 16.0 Å². The van der Waals surface area contributed by atoms with Crippen LogP contribution in [0.1, 0.15) is 12.0 Å². The van der Waals surface area contributed by atoms with Crippen molar-refractivity contribution in [2.45, 2.75) is 25.0 Å². The summed E-state index contributed by atoms with van der Waals surface area (Å²) in [6.07, 6.45) is 1.45. The first-order valence-electron chi connectivity index (χ1n) is 6.49. The number of aliphatic hydroxyl groups excluding tert-OH is 1. The number of hydrogen-bond acceptors (Lipinski definition) is 4. The monoisotopic (exact) mass is 264 g/mol. The molecule has 1 aliphatic rings. The molecule has 1 heterocycles. The molecule has 2 rings (SSSR count). The van der Waals surface area contributed by atoms with Crippen molar-refractivity contribution >= 4 is 11.6 Å². The van der Waals surface area contributed by atoms with Crippen LogP contribution in [0, 0.1) is 0 Å². The van der Waals surface area contributed by atoms with E-state index in [2.05, 4.69) is 10.6 Å². The number of carbonyl (C=O) groups is 1. The summed E-state index contributed by atoms with van der Waals surface area (Å²) in [6, 6.07) is 7.33. The lowest BCUT2D eigenvalue weighted by Gasteiger charge is -2.11. The molecule has 1 aromatic rings. The molecule has 0 aliphatic carbocycles. The topological polar surface area (TPSA) is 70.6 Å². The van der Waals surface area contributed by atoms with Crippen molar-refractivity contribution in [2.75, 3.05) is 25.6 Å². The normalized spacial score (nSPS) is 22.4. The molecular weight excluding hydrogens is 244 g/mol. The van der Waals surface area contributed by atoms with Gasteiger partial charge < -0.3 is 20.5 Å². The van der Waals surface area contributed by atoms with Crippen LogP contribution < -0.4 is 10.6 Å². The van der Waals surface area contributed by atoms with Gasteiger partial charge in [0.15, 0.2) is 0 Å². The summed E-state index contributed by atoms with van der Waals surface area (Å²) in [7, 11) is 1.66. The quantitative estimate of drug-likeness (QED) is 0.726. The van der Waals surface area contributed by atoms with Gasteiger partial charge in [-0.3, -0.25) is 4.79 Å². The van der Waals surface area contributed by atoms with Crippen molar-refractivity contribution < 1.29 is 14.6 Å². The maximum atomic E-state index is 12.0. The van der Waals surface area contributed by atoms with E-state index < -0.39 is 0 Å². The average molecular weight is 264 g/mol. The van der Waals surface area contributed by atoms with Gasteiger partial charge in [0, 0.05) is 25.9 Å². The number of hydrogen-bond donors (Lipinski definition) is 3. The van der Waals surface area contributed by atoms with E-state index in [1.807, 2.05) is 24.3 Å². The van der Waals surface area contributed by atoms with Gasteiger partial charge in [0.1, 0.15) is 0 Å². The molecule has 1 fully saturated rings. The Balaban J connectivity index is 1.88. The fourth-order valence-corrected chi connectivity index (χ4v) is 2.20. The Morgan fingerprint density at radius 3 is 2.79 bits per heavy atom. The van der Waals surface area contributed by atoms with Crippen LogP contribution in [0.5, 0.6) is 0 Å². The molecule has 0 aromatic heterocycles. The van der Waals surface area contributed by atoms with Crippen molar-refractivity contribution in [2.24, 2.45) is 0 Å². The summed E-state index contributed by atoms with van der Waals surface area (Å²) in [5.74, 6) is -0.0329. The second-order valence-electron chi connectivity index (χ2n) is 4.71. The van der Waals surface area contributed by atoms with E-state index in [1.54, 1.807) is 7.11 Å². The number of methoxy groups -OCH3 is 1. The van der Waals surface area contributed by atoms with Gasteiger partial charge in [-0.15, -0.1) is 0 Å². The molecule has 2 atom stereocenters. The molecule has 5 nitrogen and oxygen atoms in total. The number of carbonyl (C=O) groups excluding carboxylic acids is 1. The summed E-state index contributed by atoms with van der Waals surface area (Å²) < 4.78 is 5.22. The molecule has 0 radical (unpaired) electrons. The van der Waals surface area contributed by atoms with Gasteiger partial charge in [-0.2, -0.15) is 0 Å². The van der Waals surface area contributed by atoms with Crippen molar-refractivity contribution in [3.63, 3.8) is 0 Å². The average Bonchev–Trinajstić information content (AvgIpc) is 2.90. The Kier molecular flexibility index (Phi) is 4.90. The van der Waals surface area contributed by atoms with Crippen molar-refractivity contribution in [1.29, 1.82) is 0 Å². The van der Waals surface area contributed by atoms with Gasteiger partial charge in [-0.05, 0) is 30.5 Å². The van der Waals surface area contributed by atoms with Gasteiger partial charge in [-0.1, -0.05) is 12.1 Å². The molecule has 1 aliphatic heterocycles. The number of rotatable bonds is 5. The van der Waals surface area contributed by atoms with E-state index >= 15 is 0 Å². The molecule has 104 valence electrons. The lowest BCUT2D eigenvalue weighted by Crippen LogP contribution is -2.35. The summed E-state index contributed by atoms with van der Waals surface area (Å²) in [6.45, 7) is 0.847. The molecule has 0 bridgehead atoms. The zero-order chi connectivity index (χ0) is 13.7. The SMILES string of the molecule is COC1CNC(C(=O)Nc2ccc(CCO)cc2)C1. The Hall–Kier alpha value is -1.43. The van der Waals surface area contributed by atoms with E-state index in [4.69, 9.17) is 9.84 Å². The van der Waals surface area contributed by atoms with E-state index in [-0.39, 0.29) is 24.7 Å². The van der Waals surface area contributed by atoms with Gasteiger partial charge in [0.25, 0.3) is 0 Å². The Bertz CT molecular complexity index is 419. The Morgan fingerprint density at radius 2 is 2.21 bits per heavy atom. The summed E-state index contributed by atoms with van der Waals surface area (Å²) >= 11 is 0. The summed E-state index contributed by atoms with van der Waals surface area (Å²) in [5, 5.41) is 14.9. The maximum Gasteiger partial charge on any atom is 0.241 e. The third kappa shape index (κ3) is 3.76. The third-order valence-electron chi connectivity index (χ3n) is 3.36. The maximum absolute atomic E-state index is 12.0. The lowest BCUT2D eigenvalue weighted by atomic mass is 10.1. The predicted molar refractivity (Wildman–Crippen MR) is 73.1 cm³/mol. The molecule has 1 aromatic carbocycles. The van der Waals surface area contributed by atoms with Gasteiger partial charge in [0.2, 0.25) is 5.91 Å². The minimum atomic E-state index is -0.193. The molecule has 0 spiro atoms. The number of benzene rings is 1. The van der Waals surface area contributed by atoms with Crippen molar-refractivity contribution in [3.05, 3.63) is 29.8 Å². The van der Waals surface area contributed by atoms with Crippen LogP contribution in [0.4, 0.5) is 5.69 Å². The molecule has 19 heavy (non-hydrogen) atoms. The van der Waals surface area contributed by atoms with Crippen LogP contribution >= 0.6 is 0 Å². The number of anilines is 1. The van der Waals surface area contributed by atoms with Crippen LogP contribution in [0.25, 0.3) is 0 Å². The zero-order valence-electron chi connectivity index (χ0n) is 11.1. The van der Waals surface area contributed by atoms with Crippen LogP contribution in [-0.4, -0.2) is 43.4 Å². The highest BCUT2D eigenvalue weighted by Crippen LogP contribution is 2.14. The summed E-state index contributed by atoms with van der Waals surface area (Å²) in [5.41, 5.74) is 1.83. The Morgan fingerprint density at radius 1 is 1.47 bits per heavy atom. The number of aliphatic hydroxyl groups is 1. The van der Waals surface area contributed by atoms with E-state index in [1.165, 1.54) is 0 Å². The summed E-state index contributed by atoms with van der Waals surface area (Å²) in [4.78, 5) is 12.0. The van der Waals surface area contributed by atoms with Gasteiger partial charge >= 0.3 is 0 Å². The molecule has 1 saturated heterocycles. The highest BCUT2D eigenvalue weighted by atomic mass is 16.5. The highest BCUT2D eigenvalue weighted by Gasteiger charge is 2.29. The van der Waals surface area contributed by atoms with E-state index in [0.717, 1.165) is 11.3 Å². The zero-order valence-corrected chi connectivity index (χ0v) is 11.1. The van der Waals surface area contributed by atoms with Gasteiger partial charge in [-0.25, -0.2) is 0 Å². The second-order valence-corrected chi connectivity index (χ2v) is 4.71. The third-order valence-corrected chi connectivity index (χ3v) is 3.36. The largest absolute Gasteiger partial charge is 0.396 e. The fraction of sp³-hybridized carbons (Fsp3) is 0.500. The Labute approximate surface area is 113 Å². The number of nitrogens with one attached hydrogen (secondary N) is 2. The lowest BCUT2D eigenvalue weighted by molar-refractivity contribution is -0.118. The predicted octanol–water partition coefficient (Wildman–Crippen LogP) is 0.537.